The minimum absolute atomic E-state index is 0.0438. The summed E-state index contributed by atoms with van der Waals surface area (Å²) in [7, 11) is 3.30. The number of hydrogen-bond acceptors (Lipinski definition) is 5. The summed E-state index contributed by atoms with van der Waals surface area (Å²) in [5.74, 6) is 0.582. The van der Waals surface area contributed by atoms with Crippen LogP contribution in [0.3, 0.4) is 0 Å². The van der Waals surface area contributed by atoms with Gasteiger partial charge in [-0.2, -0.15) is 5.10 Å². The van der Waals surface area contributed by atoms with Crippen LogP contribution in [0.4, 0.5) is 0 Å². The van der Waals surface area contributed by atoms with Crippen LogP contribution in [0.5, 0.6) is 5.75 Å². The van der Waals surface area contributed by atoms with Crippen LogP contribution in [0.1, 0.15) is 23.3 Å². The van der Waals surface area contributed by atoms with E-state index in [0.717, 1.165) is 25.9 Å². The first-order valence-corrected chi connectivity index (χ1v) is 6.19. The van der Waals surface area contributed by atoms with Gasteiger partial charge in [-0.1, -0.05) is 0 Å². The summed E-state index contributed by atoms with van der Waals surface area (Å²) in [6.45, 7) is 2.17. The molecule has 1 fully saturated rings. The van der Waals surface area contributed by atoms with E-state index in [1.165, 1.54) is 0 Å². The number of piperidine rings is 1. The molecule has 0 amide bonds. The van der Waals surface area contributed by atoms with Crippen LogP contribution >= 0.6 is 0 Å². The largest absolute Gasteiger partial charge is 0.493 e. The molecule has 1 aliphatic rings. The second kappa shape index (κ2) is 5.49. The average molecular weight is 252 g/mol. The number of ether oxygens (including phenoxy) is 1. The van der Waals surface area contributed by atoms with E-state index in [2.05, 4.69) is 10.00 Å². The quantitative estimate of drug-likeness (QED) is 0.766. The lowest BCUT2D eigenvalue weighted by Gasteiger charge is -2.29. The van der Waals surface area contributed by atoms with Gasteiger partial charge in [0, 0.05) is 26.2 Å². The Morgan fingerprint density at radius 2 is 2.22 bits per heavy atom. The molecule has 0 spiro atoms. The van der Waals surface area contributed by atoms with Crippen molar-refractivity contribution >= 4 is 5.78 Å². The Morgan fingerprint density at radius 1 is 1.56 bits per heavy atom. The van der Waals surface area contributed by atoms with Gasteiger partial charge in [-0.05, 0) is 12.8 Å². The van der Waals surface area contributed by atoms with Gasteiger partial charge in [0.2, 0.25) is 0 Å². The first kappa shape index (κ1) is 13.0. The van der Waals surface area contributed by atoms with E-state index < -0.39 is 0 Å². The van der Waals surface area contributed by atoms with Gasteiger partial charge in [0.25, 0.3) is 0 Å². The van der Waals surface area contributed by atoms with E-state index in [9.17, 15) is 4.79 Å². The number of aryl methyl sites for hydroxylation is 1. The van der Waals surface area contributed by atoms with Gasteiger partial charge >= 0.3 is 0 Å². The number of nitrogens with zero attached hydrogens (tertiary/aromatic N) is 3. The predicted octanol–water partition coefficient (Wildman–Crippen LogP) is 0.0345. The molecule has 6 nitrogen and oxygen atoms in total. The molecule has 18 heavy (non-hydrogen) atoms. The van der Waals surface area contributed by atoms with Crippen molar-refractivity contribution in [2.45, 2.75) is 18.9 Å². The highest BCUT2D eigenvalue weighted by molar-refractivity contribution is 5.98. The molecule has 1 aliphatic heterocycles. The summed E-state index contributed by atoms with van der Waals surface area (Å²) in [6.07, 6.45) is 3.48. The zero-order chi connectivity index (χ0) is 13.1. The smallest absolute Gasteiger partial charge is 0.198 e. The summed E-state index contributed by atoms with van der Waals surface area (Å²) >= 11 is 0. The van der Waals surface area contributed by atoms with Gasteiger partial charge in [0.05, 0.1) is 19.9 Å². The van der Waals surface area contributed by atoms with Crippen molar-refractivity contribution in [2.75, 3.05) is 26.7 Å². The fourth-order valence-corrected chi connectivity index (χ4v) is 2.27. The normalized spacial score (nSPS) is 17.9. The first-order valence-electron chi connectivity index (χ1n) is 6.19. The van der Waals surface area contributed by atoms with Gasteiger partial charge in [0.15, 0.2) is 11.5 Å². The number of nitrogens with two attached hydrogens (primary N) is 1. The summed E-state index contributed by atoms with van der Waals surface area (Å²) in [4.78, 5) is 14.4. The molecule has 1 saturated heterocycles. The number of hydrogen-bond donors (Lipinski definition) is 1. The third-order valence-corrected chi connectivity index (χ3v) is 3.39. The fourth-order valence-electron chi connectivity index (χ4n) is 2.27. The van der Waals surface area contributed by atoms with Crippen LogP contribution in [-0.4, -0.2) is 53.2 Å². The van der Waals surface area contributed by atoms with Crippen molar-refractivity contribution < 1.29 is 9.53 Å². The molecule has 0 aliphatic carbocycles. The van der Waals surface area contributed by atoms with E-state index in [1.807, 2.05) is 0 Å². The molecule has 1 aromatic rings. The molecule has 2 rings (SSSR count). The molecule has 0 saturated carbocycles. The van der Waals surface area contributed by atoms with Gasteiger partial charge in [-0.25, -0.2) is 0 Å². The summed E-state index contributed by atoms with van der Waals surface area (Å²) in [5.41, 5.74) is 6.38. The minimum Gasteiger partial charge on any atom is -0.493 e. The van der Waals surface area contributed by atoms with Gasteiger partial charge < -0.3 is 10.5 Å². The second-order valence-corrected chi connectivity index (χ2v) is 4.72. The maximum atomic E-state index is 12.2. The summed E-state index contributed by atoms with van der Waals surface area (Å²) < 4.78 is 6.72. The first-order chi connectivity index (χ1) is 8.61. The number of carbonyl (C=O) groups excluding carboxylic acids is 1. The average Bonchev–Trinajstić information content (AvgIpc) is 2.73. The lowest BCUT2D eigenvalue weighted by Crippen LogP contribution is -2.42. The number of methoxy groups -OCH3 is 1. The third kappa shape index (κ3) is 2.70. The molecule has 0 radical (unpaired) electrons. The summed E-state index contributed by atoms with van der Waals surface area (Å²) in [6, 6.07) is 0.280. The molecule has 6 heteroatoms. The van der Waals surface area contributed by atoms with Crippen LogP contribution in [0.2, 0.25) is 0 Å². The molecule has 0 bridgehead atoms. The van der Waals surface area contributed by atoms with Crippen LogP contribution in [0.25, 0.3) is 0 Å². The second-order valence-electron chi connectivity index (χ2n) is 4.72. The zero-order valence-corrected chi connectivity index (χ0v) is 10.9. The third-order valence-electron chi connectivity index (χ3n) is 3.39. The van der Waals surface area contributed by atoms with Crippen LogP contribution < -0.4 is 10.5 Å². The van der Waals surface area contributed by atoms with Crippen molar-refractivity contribution in [3.8, 4) is 5.75 Å². The molecular weight excluding hydrogens is 232 g/mol. The Kier molecular flexibility index (Phi) is 3.98. The Morgan fingerprint density at radius 3 is 2.83 bits per heavy atom. The zero-order valence-electron chi connectivity index (χ0n) is 10.9. The molecule has 100 valence electrons. The topological polar surface area (TPSA) is 73.4 Å². The van der Waals surface area contributed by atoms with E-state index in [0.29, 0.717) is 18.0 Å². The highest BCUT2D eigenvalue weighted by Gasteiger charge is 2.23. The van der Waals surface area contributed by atoms with Gasteiger partial charge in [-0.15, -0.1) is 0 Å². The van der Waals surface area contributed by atoms with Crippen LogP contribution in [0.15, 0.2) is 6.20 Å². The number of Topliss-reactive ketones (excluding diaryl/α,β-unsaturated/α-hetero) is 1. The Hall–Kier alpha value is -1.40. The molecule has 2 heterocycles. The van der Waals surface area contributed by atoms with E-state index in [1.54, 1.807) is 25.0 Å². The fraction of sp³-hybridized carbons (Fsp3) is 0.667. The molecule has 2 N–H and O–H groups in total. The monoisotopic (exact) mass is 252 g/mol. The SMILES string of the molecule is COc1cnn(C)c1C(=O)CN1CCC(N)CC1. The maximum Gasteiger partial charge on any atom is 0.198 e. The molecule has 0 aromatic carbocycles. The highest BCUT2D eigenvalue weighted by atomic mass is 16.5. The van der Waals surface area contributed by atoms with Crippen molar-refractivity contribution in [3.05, 3.63) is 11.9 Å². The number of carbonyl (C=O) groups is 1. The number of likely N-dealkylation sites (tertiary alicyclic amines) is 1. The number of ketones is 1. The standard InChI is InChI=1S/C12H20N4O2/c1-15-12(11(18-2)7-14-15)10(17)8-16-5-3-9(13)4-6-16/h7,9H,3-6,8,13H2,1-2H3. The van der Waals surface area contributed by atoms with Crippen LogP contribution in [0, 0.1) is 0 Å². The maximum absolute atomic E-state index is 12.2. The summed E-state index contributed by atoms with van der Waals surface area (Å²) in [5, 5.41) is 4.05. The molecule has 0 unspecified atom stereocenters. The molecule has 1 aromatic heterocycles. The predicted molar refractivity (Wildman–Crippen MR) is 67.7 cm³/mol. The Balaban J connectivity index is 2.01. The number of rotatable bonds is 4. The van der Waals surface area contributed by atoms with Gasteiger partial charge in [0.1, 0.15) is 5.69 Å². The number of aromatic nitrogens is 2. The van der Waals surface area contributed by atoms with E-state index in [-0.39, 0.29) is 11.8 Å². The molecular formula is C12H20N4O2. The van der Waals surface area contributed by atoms with E-state index in [4.69, 9.17) is 10.5 Å². The molecule has 0 atom stereocenters. The van der Waals surface area contributed by atoms with E-state index >= 15 is 0 Å². The highest BCUT2D eigenvalue weighted by Crippen LogP contribution is 2.18. The van der Waals surface area contributed by atoms with Crippen molar-refractivity contribution in [2.24, 2.45) is 12.8 Å². The van der Waals surface area contributed by atoms with Crippen molar-refractivity contribution in [1.29, 1.82) is 0 Å². The van der Waals surface area contributed by atoms with Gasteiger partial charge in [-0.3, -0.25) is 14.4 Å². The van der Waals surface area contributed by atoms with Crippen molar-refractivity contribution in [3.63, 3.8) is 0 Å². The lowest BCUT2D eigenvalue weighted by atomic mass is 10.1. The Labute approximate surface area is 107 Å². The van der Waals surface area contributed by atoms with Crippen molar-refractivity contribution in [1.82, 2.24) is 14.7 Å². The Bertz CT molecular complexity index is 422. The minimum atomic E-state index is 0.0438. The lowest BCUT2D eigenvalue weighted by molar-refractivity contribution is 0.0897. The van der Waals surface area contributed by atoms with Crippen LogP contribution in [-0.2, 0) is 7.05 Å².